The molecule has 0 aliphatic carbocycles. The van der Waals surface area contributed by atoms with Crippen LogP contribution in [0.5, 0.6) is 11.5 Å². The highest BCUT2D eigenvalue weighted by Gasteiger charge is 2.35. The summed E-state index contributed by atoms with van der Waals surface area (Å²) in [4.78, 5) is 23.4. The Bertz CT molecular complexity index is 1520. The van der Waals surface area contributed by atoms with Crippen LogP contribution < -0.4 is 20.7 Å². The molecular formula is C28H22O6. The maximum Gasteiger partial charge on any atom is 0.336 e. The third-order valence-corrected chi connectivity index (χ3v) is 6.59. The van der Waals surface area contributed by atoms with E-state index in [4.69, 9.17) is 18.3 Å². The molecule has 0 radical (unpaired) electrons. The van der Waals surface area contributed by atoms with Gasteiger partial charge in [-0.25, -0.2) is 9.59 Å². The molecule has 0 unspecified atom stereocenters. The van der Waals surface area contributed by atoms with E-state index in [0.717, 1.165) is 21.9 Å². The van der Waals surface area contributed by atoms with E-state index in [2.05, 4.69) is 0 Å². The van der Waals surface area contributed by atoms with Crippen molar-refractivity contribution in [2.75, 3.05) is 0 Å². The third-order valence-electron chi connectivity index (χ3n) is 6.59. The molecular weight excluding hydrogens is 432 g/mol. The largest absolute Gasteiger partial charge is 0.483 e. The van der Waals surface area contributed by atoms with Crippen molar-refractivity contribution < 1.29 is 18.3 Å². The van der Waals surface area contributed by atoms with Gasteiger partial charge in [0.05, 0.1) is 11.1 Å². The quantitative estimate of drug-likeness (QED) is 0.369. The second-order valence-corrected chi connectivity index (χ2v) is 9.30. The zero-order valence-corrected chi connectivity index (χ0v) is 18.8. The summed E-state index contributed by atoms with van der Waals surface area (Å²) in [5.41, 5.74) is 0.741. The fraction of sp³-hybridized carbons (Fsp3) is 0.214. The zero-order chi connectivity index (χ0) is 23.5. The molecule has 0 N–H and O–H groups in total. The Morgan fingerprint density at radius 2 is 1.03 bits per heavy atom. The lowest BCUT2D eigenvalue weighted by Gasteiger charge is -2.37. The van der Waals surface area contributed by atoms with Gasteiger partial charge in [-0.05, 0) is 87.4 Å². The molecule has 0 amide bonds. The van der Waals surface area contributed by atoms with Crippen LogP contribution in [-0.2, 0) is 0 Å². The highest BCUT2D eigenvalue weighted by molar-refractivity contribution is 5.90. The van der Waals surface area contributed by atoms with Gasteiger partial charge in [0, 0.05) is 22.9 Å². The second-order valence-electron chi connectivity index (χ2n) is 9.30. The first-order valence-electron chi connectivity index (χ1n) is 11.2. The van der Waals surface area contributed by atoms with E-state index in [1.165, 1.54) is 12.1 Å². The lowest BCUT2D eigenvalue weighted by Crippen LogP contribution is -2.38. The highest BCUT2D eigenvalue weighted by atomic mass is 16.5. The van der Waals surface area contributed by atoms with E-state index < -0.39 is 11.2 Å². The Kier molecular flexibility index (Phi) is 4.36. The van der Waals surface area contributed by atoms with Crippen LogP contribution >= 0.6 is 0 Å². The molecule has 0 saturated carbocycles. The van der Waals surface area contributed by atoms with E-state index >= 15 is 0 Å². The van der Waals surface area contributed by atoms with Crippen molar-refractivity contribution in [1.82, 2.24) is 0 Å². The Morgan fingerprint density at radius 1 is 0.618 bits per heavy atom. The second kappa shape index (κ2) is 7.22. The summed E-state index contributed by atoms with van der Waals surface area (Å²) in [6, 6.07) is 13.9. The van der Waals surface area contributed by atoms with Crippen molar-refractivity contribution in [2.45, 2.75) is 37.9 Å². The van der Waals surface area contributed by atoms with Gasteiger partial charge in [0.2, 0.25) is 0 Å². The summed E-state index contributed by atoms with van der Waals surface area (Å²) in [6.07, 6.45) is 9.33. The normalized spacial score (nSPS) is 22.8. The molecule has 0 saturated heterocycles. The van der Waals surface area contributed by atoms with Crippen molar-refractivity contribution in [3.63, 3.8) is 0 Å². The van der Waals surface area contributed by atoms with Gasteiger partial charge in [-0.2, -0.15) is 0 Å². The molecule has 2 aromatic heterocycles. The van der Waals surface area contributed by atoms with Gasteiger partial charge in [0.25, 0.3) is 0 Å². The Labute approximate surface area is 194 Å². The van der Waals surface area contributed by atoms with Crippen LogP contribution in [-0.4, -0.2) is 11.2 Å². The van der Waals surface area contributed by atoms with Gasteiger partial charge >= 0.3 is 11.3 Å². The lowest BCUT2D eigenvalue weighted by atomic mass is 9.87. The van der Waals surface area contributed by atoms with E-state index in [0.29, 0.717) is 35.5 Å². The summed E-state index contributed by atoms with van der Waals surface area (Å²) >= 11 is 0. The highest BCUT2D eigenvalue weighted by Crippen LogP contribution is 2.41. The molecule has 6 heteroatoms. The number of fused-ring (bicyclic) bond motifs is 6. The first-order valence-corrected chi connectivity index (χ1v) is 11.2. The number of rotatable bonds is 3. The molecule has 2 atom stereocenters. The monoisotopic (exact) mass is 454 g/mol. The molecule has 2 aliphatic rings. The van der Waals surface area contributed by atoms with Crippen LogP contribution in [0.3, 0.4) is 0 Å². The third kappa shape index (κ3) is 3.43. The Hall–Kier alpha value is -4.06. The number of hydrogen-bond donors (Lipinski definition) is 0. The van der Waals surface area contributed by atoms with Crippen molar-refractivity contribution in [3.8, 4) is 11.5 Å². The Morgan fingerprint density at radius 3 is 1.47 bits per heavy atom. The van der Waals surface area contributed by atoms with E-state index in [1.807, 2.05) is 62.4 Å². The average molecular weight is 454 g/mol. The summed E-state index contributed by atoms with van der Waals surface area (Å²) in [7, 11) is 0. The van der Waals surface area contributed by atoms with Crippen LogP contribution in [0.1, 0.15) is 37.8 Å². The molecule has 0 spiro atoms. The maximum atomic E-state index is 11.7. The number of hydrogen-bond acceptors (Lipinski definition) is 6. The predicted octanol–water partition coefficient (Wildman–Crippen LogP) is 5.71. The van der Waals surface area contributed by atoms with Crippen LogP contribution in [0.25, 0.3) is 34.1 Å². The first kappa shape index (κ1) is 20.5. The van der Waals surface area contributed by atoms with Crippen molar-refractivity contribution >= 4 is 34.1 Å². The topological polar surface area (TPSA) is 78.9 Å². The fourth-order valence-electron chi connectivity index (χ4n) is 4.62. The summed E-state index contributed by atoms with van der Waals surface area (Å²) in [6.45, 7) is 4.06. The molecule has 34 heavy (non-hydrogen) atoms. The van der Waals surface area contributed by atoms with E-state index in [1.54, 1.807) is 12.1 Å². The van der Waals surface area contributed by atoms with Gasteiger partial charge in [-0.3, -0.25) is 0 Å². The first-order chi connectivity index (χ1) is 16.3. The molecule has 0 fully saturated rings. The minimum Gasteiger partial charge on any atom is -0.483 e. The number of benzene rings is 2. The van der Waals surface area contributed by atoms with Gasteiger partial charge in [-0.1, -0.05) is 0 Å². The SMILES string of the molecule is C[C@@]1(CC[C@]2(C)C=Cc3c(ccc4ccc(=O)oc34)O2)C=Cc2c(ccc3ccc(=O)oc23)O1. The van der Waals surface area contributed by atoms with Gasteiger partial charge in [-0.15, -0.1) is 0 Å². The van der Waals surface area contributed by atoms with Crippen molar-refractivity contribution in [1.29, 1.82) is 0 Å². The fourth-order valence-corrected chi connectivity index (χ4v) is 4.62. The van der Waals surface area contributed by atoms with Crippen molar-refractivity contribution in [3.05, 3.63) is 92.7 Å². The van der Waals surface area contributed by atoms with Gasteiger partial charge in [0.1, 0.15) is 33.9 Å². The minimum atomic E-state index is -0.549. The molecule has 170 valence electrons. The minimum absolute atomic E-state index is 0.385. The Balaban J connectivity index is 1.25. The molecule has 4 heterocycles. The lowest BCUT2D eigenvalue weighted by molar-refractivity contribution is 0.0738. The van der Waals surface area contributed by atoms with E-state index in [-0.39, 0.29) is 11.3 Å². The molecule has 2 aliphatic heterocycles. The maximum absolute atomic E-state index is 11.7. The van der Waals surface area contributed by atoms with Crippen LogP contribution in [0.15, 0.2) is 79.1 Å². The number of ether oxygens (including phenoxy) is 2. The van der Waals surface area contributed by atoms with Crippen LogP contribution in [0, 0.1) is 0 Å². The van der Waals surface area contributed by atoms with Crippen molar-refractivity contribution in [2.24, 2.45) is 0 Å². The van der Waals surface area contributed by atoms with Crippen LogP contribution in [0.2, 0.25) is 0 Å². The van der Waals surface area contributed by atoms with Crippen LogP contribution in [0.4, 0.5) is 0 Å². The van der Waals surface area contributed by atoms with Gasteiger partial charge < -0.3 is 18.3 Å². The summed E-state index contributed by atoms with van der Waals surface area (Å²) in [5.74, 6) is 1.37. The zero-order valence-electron chi connectivity index (χ0n) is 18.8. The molecule has 6 rings (SSSR count). The predicted molar refractivity (Wildman–Crippen MR) is 130 cm³/mol. The molecule has 6 nitrogen and oxygen atoms in total. The molecule has 0 bridgehead atoms. The molecule has 2 aromatic carbocycles. The summed E-state index contributed by atoms with van der Waals surface area (Å²) < 4.78 is 23.6. The smallest absolute Gasteiger partial charge is 0.336 e. The summed E-state index contributed by atoms with van der Waals surface area (Å²) in [5, 5.41) is 1.70. The average Bonchev–Trinajstić information content (AvgIpc) is 2.82. The van der Waals surface area contributed by atoms with E-state index in [9.17, 15) is 9.59 Å². The standard InChI is InChI=1S/C28H22O6/c1-27(13-11-19-21(33-27)7-3-17-5-9-23(29)31-25(17)19)15-16-28(2)14-12-20-22(34-28)8-4-18-6-10-24(30)32-26(18)20/h3-14H,15-16H2,1-2H3/t27-,28-/m0/s1. The molecule has 4 aromatic rings. The van der Waals surface area contributed by atoms with Gasteiger partial charge in [0.15, 0.2) is 0 Å².